The van der Waals surface area contributed by atoms with Crippen LogP contribution < -0.4 is 9.62 Å². The van der Waals surface area contributed by atoms with Crippen molar-refractivity contribution >= 4 is 33.2 Å². The number of amides is 2. The van der Waals surface area contributed by atoms with Gasteiger partial charge in [0.15, 0.2) is 0 Å². The van der Waals surface area contributed by atoms with E-state index in [1.807, 2.05) is 0 Å². The van der Waals surface area contributed by atoms with Gasteiger partial charge in [0.25, 0.3) is 5.91 Å². The maximum absolute atomic E-state index is 13.1. The third-order valence-corrected chi connectivity index (χ3v) is 6.27. The number of anilines is 2. The number of carbonyl (C=O) groups excluding carboxylic acids is 2. The molecule has 0 fully saturated rings. The number of likely N-dealkylation sites (N-methyl/N-ethyl adjacent to an activating group) is 1. The summed E-state index contributed by atoms with van der Waals surface area (Å²) in [7, 11) is -3.42. The Hall–Kier alpha value is -3.08. The van der Waals surface area contributed by atoms with Crippen LogP contribution in [-0.2, 0) is 27.4 Å². The van der Waals surface area contributed by atoms with Crippen molar-refractivity contribution in [1.82, 2.24) is 4.90 Å². The fraction of sp³-hybridized carbons (Fsp3) is 0.333. The van der Waals surface area contributed by atoms with Gasteiger partial charge in [-0.05, 0) is 49.2 Å². The zero-order chi connectivity index (χ0) is 23.7. The van der Waals surface area contributed by atoms with E-state index in [4.69, 9.17) is 0 Å². The van der Waals surface area contributed by atoms with Crippen LogP contribution in [0.15, 0.2) is 42.5 Å². The molecule has 0 radical (unpaired) electrons. The van der Waals surface area contributed by atoms with Gasteiger partial charge in [-0.1, -0.05) is 12.1 Å². The van der Waals surface area contributed by atoms with Crippen molar-refractivity contribution in [2.24, 2.45) is 0 Å². The number of halogens is 3. The topological polar surface area (TPSA) is 86.8 Å². The summed E-state index contributed by atoms with van der Waals surface area (Å²) in [4.78, 5) is 26.5. The van der Waals surface area contributed by atoms with Crippen LogP contribution in [0.3, 0.4) is 0 Å². The number of fused-ring (bicyclic) bond motifs is 1. The predicted molar refractivity (Wildman–Crippen MR) is 114 cm³/mol. The van der Waals surface area contributed by atoms with Gasteiger partial charge in [-0.25, -0.2) is 8.42 Å². The van der Waals surface area contributed by atoms with Crippen molar-refractivity contribution in [3.05, 3.63) is 59.2 Å². The summed E-state index contributed by atoms with van der Waals surface area (Å²) in [6.07, 6.45) is -3.08. The Kier molecular flexibility index (Phi) is 6.49. The number of sulfonamides is 1. The normalized spacial score (nSPS) is 13.6. The smallest absolute Gasteiger partial charge is 0.330 e. The highest BCUT2D eigenvalue weighted by molar-refractivity contribution is 7.92. The van der Waals surface area contributed by atoms with Gasteiger partial charge in [-0.15, -0.1) is 0 Å². The molecule has 0 saturated carbocycles. The highest BCUT2D eigenvalue weighted by Crippen LogP contribution is 2.34. The highest BCUT2D eigenvalue weighted by Gasteiger charge is 2.34. The Labute approximate surface area is 183 Å². The lowest BCUT2D eigenvalue weighted by molar-refractivity contribution is -0.137. The standard InChI is InChI=1S/C21H22F3N3O4S/c1-3-26(13-19(28)25-17-7-5-4-6-16(17)21(22,23)24)20(29)15-8-9-18-14(12-15)10-11-27(18)32(2,30)31/h4-9,12H,3,10-11,13H2,1-2H3,(H,25,28). The summed E-state index contributed by atoms with van der Waals surface area (Å²) in [6.45, 7) is 1.64. The largest absolute Gasteiger partial charge is 0.418 e. The third-order valence-electron chi connectivity index (χ3n) is 5.09. The summed E-state index contributed by atoms with van der Waals surface area (Å²) < 4.78 is 64.4. The van der Waals surface area contributed by atoms with Crippen LogP contribution in [0.2, 0.25) is 0 Å². The first-order valence-electron chi connectivity index (χ1n) is 9.77. The van der Waals surface area contributed by atoms with E-state index < -0.39 is 40.1 Å². The lowest BCUT2D eigenvalue weighted by Crippen LogP contribution is -2.38. The molecule has 0 saturated heterocycles. The summed E-state index contributed by atoms with van der Waals surface area (Å²) >= 11 is 0. The molecular formula is C21H22F3N3O4S. The Balaban J connectivity index is 1.75. The van der Waals surface area contributed by atoms with E-state index in [0.29, 0.717) is 17.7 Å². The van der Waals surface area contributed by atoms with Crippen molar-refractivity contribution in [2.45, 2.75) is 19.5 Å². The first-order chi connectivity index (χ1) is 14.9. The second kappa shape index (κ2) is 8.81. The first-order valence-corrected chi connectivity index (χ1v) is 11.6. The summed E-state index contributed by atoms with van der Waals surface area (Å²) in [6, 6.07) is 9.21. The lowest BCUT2D eigenvalue weighted by atomic mass is 10.1. The zero-order valence-corrected chi connectivity index (χ0v) is 18.3. The number of nitrogens with one attached hydrogen (secondary N) is 1. The number of hydrogen-bond donors (Lipinski definition) is 1. The van der Waals surface area contributed by atoms with E-state index in [1.165, 1.54) is 27.4 Å². The summed E-state index contributed by atoms with van der Waals surface area (Å²) in [5.74, 6) is -1.24. The maximum Gasteiger partial charge on any atom is 0.418 e. The molecule has 0 aliphatic carbocycles. The van der Waals surface area contributed by atoms with Crippen LogP contribution in [-0.4, -0.2) is 51.0 Å². The molecule has 1 aliphatic heterocycles. The van der Waals surface area contributed by atoms with E-state index in [0.717, 1.165) is 18.4 Å². The molecule has 172 valence electrons. The Morgan fingerprint density at radius 1 is 1.16 bits per heavy atom. The molecule has 2 amide bonds. The van der Waals surface area contributed by atoms with Gasteiger partial charge in [0.05, 0.1) is 23.2 Å². The molecule has 0 aromatic heterocycles. The fourth-order valence-corrected chi connectivity index (χ4v) is 4.52. The molecule has 2 aromatic carbocycles. The number of carbonyl (C=O) groups is 2. The van der Waals surface area contributed by atoms with Crippen molar-refractivity contribution in [1.29, 1.82) is 0 Å². The number of benzene rings is 2. The molecule has 0 spiro atoms. The van der Waals surface area contributed by atoms with E-state index in [1.54, 1.807) is 19.1 Å². The number of para-hydroxylation sites is 1. The van der Waals surface area contributed by atoms with E-state index >= 15 is 0 Å². The average molecular weight is 469 g/mol. The Morgan fingerprint density at radius 3 is 2.47 bits per heavy atom. The van der Waals surface area contributed by atoms with Crippen LogP contribution in [0.25, 0.3) is 0 Å². The van der Waals surface area contributed by atoms with Crippen molar-refractivity contribution in [3.8, 4) is 0 Å². The van der Waals surface area contributed by atoms with Gasteiger partial charge in [0, 0.05) is 18.7 Å². The second-order valence-corrected chi connectivity index (χ2v) is 9.25. The van der Waals surface area contributed by atoms with E-state index in [9.17, 15) is 31.2 Å². The number of nitrogens with zero attached hydrogens (tertiary/aromatic N) is 2. The second-order valence-electron chi connectivity index (χ2n) is 7.34. The highest BCUT2D eigenvalue weighted by atomic mass is 32.2. The van der Waals surface area contributed by atoms with Crippen LogP contribution in [0, 0.1) is 0 Å². The number of hydrogen-bond acceptors (Lipinski definition) is 4. The molecule has 1 N–H and O–H groups in total. The Morgan fingerprint density at radius 2 is 1.84 bits per heavy atom. The lowest BCUT2D eigenvalue weighted by Gasteiger charge is -2.22. The van der Waals surface area contributed by atoms with Crippen molar-refractivity contribution in [3.63, 3.8) is 0 Å². The fourth-order valence-electron chi connectivity index (χ4n) is 3.56. The molecular weight excluding hydrogens is 447 g/mol. The minimum absolute atomic E-state index is 0.153. The number of rotatable bonds is 6. The zero-order valence-electron chi connectivity index (χ0n) is 17.4. The molecule has 2 aromatic rings. The van der Waals surface area contributed by atoms with Gasteiger partial charge in [0.2, 0.25) is 15.9 Å². The molecule has 0 bridgehead atoms. The maximum atomic E-state index is 13.1. The van der Waals surface area contributed by atoms with Gasteiger partial charge >= 0.3 is 6.18 Å². The minimum Gasteiger partial charge on any atom is -0.330 e. The molecule has 7 nitrogen and oxygen atoms in total. The van der Waals surface area contributed by atoms with Crippen molar-refractivity contribution < 1.29 is 31.2 Å². The van der Waals surface area contributed by atoms with Crippen molar-refractivity contribution in [2.75, 3.05) is 35.5 Å². The number of alkyl halides is 3. The monoisotopic (exact) mass is 469 g/mol. The van der Waals surface area contributed by atoms with Gasteiger partial charge in [-0.2, -0.15) is 13.2 Å². The molecule has 1 aliphatic rings. The van der Waals surface area contributed by atoms with E-state index in [-0.39, 0.29) is 24.3 Å². The van der Waals surface area contributed by atoms with Crippen LogP contribution >= 0.6 is 0 Å². The summed E-state index contributed by atoms with van der Waals surface area (Å²) in [5.41, 5.74) is 0.114. The van der Waals surface area contributed by atoms with Crippen LogP contribution in [0.1, 0.15) is 28.4 Å². The van der Waals surface area contributed by atoms with E-state index in [2.05, 4.69) is 5.32 Å². The SMILES string of the molecule is CCN(CC(=O)Nc1ccccc1C(F)(F)F)C(=O)c1ccc2c(c1)CCN2S(C)(=O)=O. The van der Waals surface area contributed by atoms with Crippen LogP contribution in [0.4, 0.5) is 24.5 Å². The average Bonchev–Trinajstić information content (AvgIpc) is 3.15. The van der Waals surface area contributed by atoms with Crippen LogP contribution in [0.5, 0.6) is 0 Å². The quantitative estimate of drug-likeness (QED) is 0.704. The summed E-state index contributed by atoms with van der Waals surface area (Å²) in [5, 5.41) is 2.23. The molecule has 0 unspecified atom stereocenters. The first kappa shape index (κ1) is 23.6. The third kappa shape index (κ3) is 5.04. The predicted octanol–water partition coefficient (Wildman–Crippen LogP) is 3.13. The van der Waals surface area contributed by atoms with Gasteiger partial charge < -0.3 is 10.2 Å². The molecule has 11 heteroatoms. The Bertz CT molecular complexity index is 1150. The van der Waals surface area contributed by atoms with Gasteiger partial charge in [-0.3, -0.25) is 13.9 Å². The molecule has 1 heterocycles. The van der Waals surface area contributed by atoms with Gasteiger partial charge in [0.1, 0.15) is 6.54 Å². The molecule has 3 rings (SSSR count). The molecule has 0 atom stereocenters. The molecule has 32 heavy (non-hydrogen) atoms. The minimum atomic E-state index is -4.63.